The summed E-state index contributed by atoms with van der Waals surface area (Å²) >= 11 is 0. The molecule has 0 saturated carbocycles. The molecular weight excluding hydrogens is 833 g/mol. The van der Waals surface area contributed by atoms with E-state index < -0.39 is 24.3 Å². The van der Waals surface area contributed by atoms with Crippen LogP contribution in [0.25, 0.3) is 44.5 Å². The summed E-state index contributed by atoms with van der Waals surface area (Å²) in [5, 5.41) is 9.15. The average molecular weight is 887 g/mol. The molecule has 6 aromatic rings. The number of nitrogens with one attached hydrogen (secondary N) is 5. The predicted octanol–water partition coefficient (Wildman–Crippen LogP) is 6.86. The summed E-state index contributed by atoms with van der Waals surface area (Å²) in [4.78, 5) is 83.3. The molecule has 340 valence electrons. The Bertz CT molecular complexity index is 2710. The van der Waals surface area contributed by atoms with E-state index in [9.17, 15) is 24.0 Å². The molecule has 2 aliphatic heterocycles. The van der Waals surface area contributed by atoms with Crippen molar-refractivity contribution in [2.75, 3.05) is 33.4 Å². The van der Waals surface area contributed by atoms with Gasteiger partial charge in [-0.3, -0.25) is 14.4 Å². The van der Waals surface area contributed by atoms with E-state index in [1.165, 1.54) is 7.11 Å². The number of amides is 4. The third-order valence-corrected chi connectivity index (χ3v) is 12.0. The second-order valence-corrected chi connectivity index (χ2v) is 16.8. The number of aromatic amines is 2. The van der Waals surface area contributed by atoms with Crippen LogP contribution >= 0.6 is 0 Å². The predicted molar refractivity (Wildman–Crippen MR) is 242 cm³/mol. The Hall–Kier alpha value is -7.01. The molecular formula is C48H54N8O9. The number of unbranched alkanes of at least 4 members (excludes halogenated alkanes) is 1. The number of likely N-dealkylation sites (tertiary alicyclic amines) is 1. The number of fused-ring (bicyclic) bond motifs is 2. The molecule has 0 radical (unpaired) electrons. The number of imidazole rings is 2. The van der Waals surface area contributed by atoms with Crippen LogP contribution in [0.5, 0.6) is 0 Å². The number of hydrogen-bond acceptors (Lipinski definition) is 11. The zero-order chi connectivity index (χ0) is 45.5. The standard InChI is InChI=1S/C48H54N8O9/c1-28(2)41(54-47(60)62-3)45(58)49-20-8-7-13-40-50-26-35(52-40)31-14-16-33-39(25-31)65-38-17-15-30(24-34(38)43(33)57)36-27-51-44(53-36)37-12-9-21-56(37)46(59)42(29-10-5-4-6-11-29)55-48(61)64-32-18-22-63-23-19-32/h4-6,10-11,14-17,24-28,32,37,41-42H,7-9,12-13,18-23H2,1-3H3,(H,49,58)(H,50,52)(H,51,53)(H,54,60)(H,55,61)/t37-,41-,42+/m0/s1. The number of carbonyl (C=O) groups is 4. The molecule has 2 saturated heterocycles. The van der Waals surface area contributed by atoms with Crippen molar-refractivity contribution in [3.05, 3.63) is 107 Å². The normalized spacial score (nSPS) is 16.4. The topological polar surface area (TPSA) is 223 Å². The van der Waals surface area contributed by atoms with E-state index in [1.54, 1.807) is 35.5 Å². The zero-order valence-electron chi connectivity index (χ0n) is 36.7. The fraction of sp³-hybridized carbons (Fsp3) is 0.396. The van der Waals surface area contributed by atoms with E-state index in [1.807, 2.05) is 62.4 Å². The lowest BCUT2D eigenvalue weighted by Crippen LogP contribution is -2.49. The third kappa shape index (κ3) is 10.4. The largest absolute Gasteiger partial charge is 0.456 e. The SMILES string of the molecule is COC(=O)N[C@H](C(=O)NCCCCc1ncc(-c2ccc3c(=O)c4cc(-c5cnc([C@@H]6CCCN6C(=O)[C@H](NC(=O)OC6CCOCC6)c6ccccc6)[nH]5)ccc4oc3c2)[nH]1)C(C)C. The van der Waals surface area contributed by atoms with Crippen LogP contribution in [0.2, 0.25) is 0 Å². The molecule has 2 fully saturated rings. The van der Waals surface area contributed by atoms with Gasteiger partial charge in [0.15, 0.2) is 0 Å². The quantitative estimate of drug-likeness (QED) is 0.0530. The van der Waals surface area contributed by atoms with Crippen molar-refractivity contribution in [3.63, 3.8) is 0 Å². The van der Waals surface area contributed by atoms with Crippen molar-refractivity contribution in [2.24, 2.45) is 5.92 Å². The summed E-state index contributed by atoms with van der Waals surface area (Å²) in [5.74, 6) is 0.786. The molecule has 0 bridgehead atoms. The van der Waals surface area contributed by atoms with Gasteiger partial charge in [-0.1, -0.05) is 50.2 Å². The Morgan fingerprint density at radius 1 is 0.846 bits per heavy atom. The highest BCUT2D eigenvalue weighted by atomic mass is 16.6. The second-order valence-electron chi connectivity index (χ2n) is 16.8. The Balaban J connectivity index is 0.918. The second kappa shape index (κ2) is 20.2. The minimum Gasteiger partial charge on any atom is -0.456 e. The van der Waals surface area contributed by atoms with Gasteiger partial charge in [0.25, 0.3) is 5.91 Å². The summed E-state index contributed by atoms with van der Waals surface area (Å²) in [6.07, 6.45) is 6.70. The van der Waals surface area contributed by atoms with Crippen molar-refractivity contribution in [1.82, 2.24) is 40.8 Å². The number of hydrogen-bond donors (Lipinski definition) is 5. The lowest BCUT2D eigenvalue weighted by molar-refractivity contribution is -0.134. The van der Waals surface area contributed by atoms with E-state index in [4.69, 9.17) is 18.9 Å². The van der Waals surface area contributed by atoms with Crippen molar-refractivity contribution >= 4 is 45.9 Å². The first-order valence-electron chi connectivity index (χ1n) is 22.2. The van der Waals surface area contributed by atoms with E-state index in [-0.39, 0.29) is 35.3 Å². The first-order chi connectivity index (χ1) is 31.6. The zero-order valence-corrected chi connectivity index (χ0v) is 36.7. The number of nitrogens with zero attached hydrogens (tertiary/aromatic N) is 3. The molecule has 0 spiro atoms. The number of ether oxygens (including phenoxy) is 3. The van der Waals surface area contributed by atoms with Crippen LogP contribution in [-0.4, -0.2) is 94.4 Å². The molecule has 5 N–H and O–H groups in total. The minimum absolute atomic E-state index is 0.100. The number of H-pyrrole nitrogens is 2. The highest BCUT2D eigenvalue weighted by Crippen LogP contribution is 2.35. The van der Waals surface area contributed by atoms with Gasteiger partial charge in [-0.15, -0.1) is 0 Å². The van der Waals surface area contributed by atoms with Crippen LogP contribution < -0.4 is 21.4 Å². The maximum absolute atomic E-state index is 14.3. The smallest absolute Gasteiger partial charge is 0.408 e. The fourth-order valence-corrected chi connectivity index (χ4v) is 8.45. The molecule has 3 aromatic heterocycles. The van der Waals surface area contributed by atoms with E-state index in [2.05, 4.69) is 35.6 Å². The van der Waals surface area contributed by atoms with Gasteiger partial charge < -0.3 is 49.4 Å². The Morgan fingerprint density at radius 2 is 1.60 bits per heavy atom. The van der Waals surface area contributed by atoms with Crippen molar-refractivity contribution in [2.45, 2.75) is 83.0 Å². The fourth-order valence-electron chi connectivity index (χ4n) is 8.45. The van der Waals surface area contributed by atoms with Crippen LogP contribution in [0.15, 0.2) is 88.3 Å². The Morgan fingerprint density at radius 3 is 2.38 bits per heavy atom. The first-order valence-corrected chi connectivity index (χ1v) is 22.2. The Kier molecular flexibility index (Phi) is 13.9. The maximum atomic E-state index is 14.3. The number of carbonyl (C=O) groups excluding carboxylic acids is 4. The molecule has 3 atom stereocenters. The maximum Gasteiger partial charge on any atom is 0.408 e. The van der Waals surface area contributed by atoms with Gasteiger partial charge >= 0.3 is 12.2 Å². The lowest BCUT2D eigenvalue weighted by atomic mass is 10.0. The molecule has 65 heavy (non-hydrogen) atoms. The van der Waals surface area contributed by atoms with Crippen LogP contribution in [0.4, 0.5) is 9.59 Å². The van der Waals surface area contributed by atoms with Gasteiger partial charge in [0, 0.05) is 43.5 Å². The molecule has 0 unspecified atom stereocenters. The molecule has 17 heteroatoms. The number of alkyl carbamates (subject to hydrolysis) is 2. The first kappa shape index (κ1) is 44.6. The van der Waals surface area contributed by atoms with Gasteiger partial charge in [0.05, 0.1) is 60.9 Å². The molecule has 17 nitrogen and oxygen atoms in total. The van der Waals surface area contributed by atoms with E-state index in [0.717, 1.165) is 35.5 Å². The number of rotatable bonds is 15. The highest BCUT2D eigenvalue weighted by molar-refractivity contribution is 5.93. The van der Waals surface area contributed by atoms with Crippen LogP contribution in [0.1, 0.15) is 81.7 Å². The summed E-state index contributed by atoms with van der Waals surface area (Å²) in [6, 6.07) is 18.0. The molecule has 8 rings (SSSR count). The average Bonchev–Trinajstić information content (AvgIpc) is 4.12. The summed E-state index contributed by atoms with van der Waals surface area (Å²) in [7, 11) is 1.26. The number of aryl methyl sites for hydroxylation is 1. The summed E-state index contributed by atoms with van der Waals surface area (Å²) in [6.45, 7) is 5.70. The van der Waals surface area contributed by atoms with Crippen molar-refractivity contribution in [3.8, 4) is 22.5 Å². The number of benzene rings is 3. The van der Waals surface area contributed by atoms with E-state index >= 15 is 0 Å². The highest BCUT2D eigenvalue weighted by Gasteiger charge is 2.37. The van der Waals surface area contributed by atoms with Crippen molar-refractivity contribution < 1.29 is 37.8 Å². The minimum atomic E-state index is -0.950. The third-order valence-electron chi connectivity index (χ3n) is 12.0. The molecule has 3 aromatic carbocycles. The van der Waals surface area contributed by atoms with Crippen molar-refractivity contribution in [1.29, 1.82) is 0 Å². The van der Waals surface area contributed by atoms with Gasteiger partial charge in [-0.25, -0.2) is 19.6 Å². The molecule has 2 aliphatic rings. The van der Waals surface area contributed by atoms with Gasteiger partial charge in [-0.05, 0) is 67.5 Å². The van der Waals surface area contributed by atoms with Gasteiger partial charge in [-0.2, -0.15) is 0 Å². The van der Waals surface area contributed by atoms with Crippen LogP contribution in [0.3, 0.4) is 0 Å². The van der Waals surface area contributed by atoms with Crippen LogP contribution in [0, 0.1) is 5.92 Å². The Labute approximate surface area is 375 Å². The van der Waals surface area contributed by atoms with Gasteiger partial charge in [0.1, 0.15) is 41.0 Å². The van der Waals surface area contributed by atoms with Crippen LogP contribution in [-0.2, 0) is 30.2 Å². The molecule has 5 heterocycles. The monoisotopic (exact) mass is 886 g/mol. The molecule has 0 aliphatic carbocycles. The number of methoxy groups -OCH3 is 1. The summed E-state index contributed by atoms with van der Waals surface area (Å²) < 4.78 is 22.0. The summed E-state index contributed by atoms with van der Waals surface area (Å²) in [5.41, 5.74) is 4.36. The molecule has 4 amide bonds. The van der Waals surface area contributed by atoms with Gasteiger partial charge in [0.2, 0.25) is 11.3 Å². The number of aromatic nitrogens is 4. The van der Waals surface area contributed by atoms with E-state index in [0.29, 0.717) is 97.4 Å². The lowest BCUT2D eigenvalue weighted by Gasteiger charge is -2.29.